The van der Waals surface area contributed by atoms with Crippen LogP contribution in [-0.4, -0.2) is 27.1 Å². The predicted molar refractivity (Wildman–Crippen MR) is 101 cm³/mol. The maximum Gasteiger partial charge on any atom is 0.232 e. The van der Waals surface area contributed by atoms with Gasteiger partial charge in [-0.05, 0) is 37.1 Å². The van der Waals surface area contributed by atoms with E-state index in [0.717, 1.165) is 17.4 Å². The van der Waals surface area contributed by atoms with E-state index in [1.54, 1.807) is 24.3 Å². The molecule has 2 aromatic rings. The van der Waals surface area contributed by atoms with Crippen molar-refractivity contribution < 1.29 is 17.6 Å². The Morgan fingerprint density at radius 1 is 1.15 bits per heavy atom. The molecule has 0 saturated carbocycles. The topological polar surface area (TPSA) is 66.5 Å². The van der Waals surface area contributed by atoms with Crippen LogP contribution in [0.25, 0.3) is 0 Å². The van der Waals surface area contributed by atoms with Crippen LogP contribution in [-0.2, 0) is 21.4 Å². The van der Waals surface area contributed by atoms with Crippen LogP contribution in [0.4, 0.5) is 10.1 Å². The van der Waals surface area contributed by atoms with Gasteiger partial charge in [-0.2, -0.15) is 0 Å². The van der Waals surface area contributed by atoms with Crippen molar-refractivity contribution in [2.75, 3.05) is 17.1 Å². The summed E-state index contributed by atoms with van der Waals surface area (Å²) in [6, 6.07) is 11.7. The lowest BCUT2D eigenvalue weighted by atomic mass is 10.1. The predicted octanol–water partition coefficient (Wildman–Crippen LogP) is 2.92. The summed E-state index contributed by atoms with van der Waals surface area (Å²) in [5.41, 5.74) is 2.70. The number of nitrogens with one attached hydrogen (secondary N) is 1. The molecule has 0 aliphatic carbocycles. The van der Waals surface area contributed by atoms with Gasteiger partial charge in [-0.3, -0.25) is 9.10 Å². The normalized spacial score (nSPS) is 11.2. The number of hydrogen-bond acceptors (Lipinski definition) is 3. The molecule has 0 heterocycles. The van der Waals surface area contributed by atoms with Crippen molar-refractivity contribution in [1.82, 2.24) is 5.32 Å². The van der Waals surface area contributed by atoms with E-state index in [0.29, 0.717) is 11.3 Å². The molecule has 0 aromatic heterocycles. The smallest absolute Gasteiger partial charge is 0.232 e. The summed E-state index contributed by atoms with van der Waals surface area (Å²) in [4.78, 5) is 12.1. The molecule has 0 unspecified atom stereocenters. The molecular formula is C19H23FN2O3S. The van der Waals surface area contributed by atoms with Crippen molar-refractivity contribution >= 4 is 21.6 Å². The Balaban J connectivity index is 2.05. The van der Waals surface area contributed by atoms with E-state index in [9.17, 15) is 17.6 Å². The molecule has 7 heteroatoms. The maximum atomic E-state index is 13.6. The van der Waals surface area contributed by atoms with Gasteiger partial charge in [0.25, 0.3) is 0 Å². The molecular weight excluding hydrogens is 355 g/mol. The van der Waals surface area contributed by atoms with Crippen LogP contribution >= 0.6 is 0 Å². The van der Waals surface area contributed by atoms with E-state index in [-0.39, 0.29) is 31.2 Å². The molecule has 0 spiro atoms. The third-order valence-corrected chi connectivity index (χ3v) is 5.19. The number of carbonyl (C=O) groups is 1. The average Bonchev–Trinajstić information content (AvgIpc) is 2.56. The van der Waals surface area contributed by atoms with Gasteiger partial charge >= 0.3 is 0 Å². The van der Waals surface area contributed by atoms with Gasteiger partial charge in [-0.25, -0.2) is 12.8 Å². The van der Waals surface area contributed by atoms with Gasteiger partial charge in [0.2, 0.25) is 15.9 Å². The summed E-state index contributed by atoms with van der Waals surface area (Å²) >= 11 is 0. The lowest BCUT2D eigenvalue weighted by Gasteiger charge is -2.24. The van der Waals surface area contributed by atoms with Gasteiger partial charge in [-0.15, -0.1) is 0 Å². The molecule has 0 atom stereocenters. The fourth-order valence-electron chi connectivity index (χ4n) is 2.58. The number of benzene rings is 2. The lowest BCUT2D eigenvalue weighted by Crippen LogP contribution is -2.35. The van der Waals surface area contributed by atoms with Crippen LogP contribution in [0.15, 0.2) is 42.5 Å². The first-order chi connectivity index (χ1) is 12.2. The Hall–Kier alpha value is -2.41. The lowest BCUT2D eigenvalue weighted by molar-refractivity contribution is -0.121. The highest BCUT2D eigenvalue weighted by Gasteiger charge is 2.20. The highest BCUT2D eigenvalue weighted by atomic mass is 32.2. The first kappa shape index (κ1) is 19.9. The first-order valence-corrected chi connectivity index (χ1v) is 10.1. The molecule has 0 saturated heterocycles. The third-order valence-electron chi connectivity index (χ3n) is 4.01. The zero-order valence-electron chi connectivity index (χ0n) is 15.1. The van der Waals surface area contributed by atoms with E-state index in [4.69, 9.17) is 0 Å². The summed E-state index contributed by atoms with van der Waals surface area (Å²) in [6.07, 6.45) is 1.10. The zero-order valence-corrected chi connectivity index (χ0v) is 15.9. The second-order valence-corrected chi connectivity index (χ2v) is 8.15. The molecule has 5 nitrogen and oxygen atoms in total. The molecule has 1 amide bonds. The molecule has 0 bridgehead atoms. The molecule has 26 heavy (non-hydrogen) atoms. The standard InChI is InChI=1S/C19H23FN2O3S/c1-14-8-9-15(2)18(12-14)22(26(3,24)25)11-10-19(23)21-13-16-6-4-5-7-17(16)20/h4-9,12H,10-11,13H2,1-3H3,(H,21,23). The quantitative estimate of drug-likeness (QED) is 0.806. The first-order valence-electron chi connectivity index (χ1n) is 8.23. The second-order valence-electron chi connectivity index (χ2n) is 6.24. The molecule has 140 valence electrons. The summed E-state index contributed by atoms with van der Waals surface area (Å²) in [5.74, 6) is -0.729. The van der Waals surface area contributed by atoms with Crippen molar-refractivity contribution in [2.24, 2.45) is 0 Å². The van der Waals surface area contributed by atoms with Crippen LogP contribution in [0.1, 0.15) is 23.1 Å². The Morgan fingerprint density at radius 3 is 2.50 bits per heavy atom. The minimum Gasteiger partial charge on any atom is -0.352 e. The number of nitrogens with zero attached hydrogens (tertiary/aromatic N) is 1. The number of rotatable bonds is 7. The molecule has 0 aliphatic heterocycles. The fourth-order valence-corrected chi connectivity index (χ4v) is 3.56. The Bertz CT molecular complexity index is 897. The highest BCUT2D eigenvalue weighted by Crippen LogP contribution is 2.24. The summed E-state index contributed by atoms with van der Waals surface area (Å²) in [7, 11) is -3.53. The van der Waals surface area contributed by atoms with E-state index in [1.165, 1.54) is 10.4 Å². The van der Waals surface area contributed by atoms with Gasteiger partial charge in [-0.1, -0.05) is 30.3 Å². The van der Waals surface area contributed by atoms with Crippen LogP contribution < -0.4 is 9.62 Å². The van der Waals surface area contributed by atoms with Crippen molar-refractivity contribution in [3.8, 4) is 0 Å². The molecule has 2 rings (SSSR count). The van der Waals surface area contributed by atoms with Gasteiger partial charge in [0.05, 0.1) is 11.9 Å². The van der Waals surface area contributed by atoms with Crippen molar-refractivity contribution in [3.63, 3.8) is 0 Å². The Labute approximate surface area is 153 Å². The molecule has 0 fully saturated rings. The van der Waals surface area contributed by atoms with E-state index >= 15 is 0 Å². The van der Waals surface area contributed by atoms with Gasteiger partial charge in [0.15, 0.2) is 0 Å². The zero-order chi connectivity index (χ0) is 19.3. The minimum atomic E-state index is -3.53. The van der Waals surface area contributed by atoms with Crippen molar-refractivity contribution in [1.29, 1.82) is 0 Å². The number of hydrogen-bond donors (Lipinski definition) is 1. The largest absolute Gasteiger partial charge is 0.352 e. The van der Waals surface area contributed by atoms with Crippen molar-refractivity contribution in [2.45, 2.75) is 26.8 Å². The fraction of sp³-hybridized carbons (Fsp3) is 0.316. The van der Waals surface area contributed by atoms with Crippen LogP contribution in [0, 0.1) is 19.7 Å². The van der Waals surface area contributed by atoms with Crippen LogP contribution in [0.5, 0.6) is 0 Å². The number of amides is 1. The van der Waals surface area contributed by atoms with Crippen LogP contribution in [0.3, 0.4) is 0 Å². The minimum absolute atomic E-state index is 0.0189. The van der Waals surface area contributed by atoms with Gasteiger partial charge < -0.3 is 5.32 Å². The number of halogens is 1. The maximum absolute atomic E-state index is 13.6. The van der Waals surface area contributed by atoms with Crippen molar-refractivity contribution in [3.05, 3.63) is 65.0 Å². The average molecular weight is 378 g/mol. The summed E-state index contributed by atoms with van der Waals surface area (Å²) < 4.78 is 39.2. The monoisotopic (exact) mass is 378 g/mol. The van der Waals surface area contributed by atoms with E-state index < -0.39 is 10.0 Å². The number of anilines is 1. The molecule has 2 aromatic carbocycles. The van der Waals surface area contributed by atoms with E-state index in [2.05, 4.69) is 5.32 Å². The van der Waals surface area contributed by atoms with Gasteiger partial charge in [0, 0.05) is 25.1 Å². The number of sulfonamides is 1. The number of carbonyl (C=O) groups excluding carboxylic acids is 1. The SMILES string of the molecule is Cc1ccc(C)c(N(CCC(=O)NCc2ccccc2F)S(C)(=O)=O)c1. The molecule has 0 aliphatic rings. The molecule has 0 radical (unpaired) electrons. The third kappa shape index (κ3) is 5.29. The Kier molecular flexibility index (Phi) is 6.37. The van der Waals surface area contributed by atoms with E-state index in [1.807, 2.05) is 26.0 Å². The second kappa shape index (κ2) is 8.31. The Morgan fingerprint density at radius 2 is 1.85 bits per heavy atom. The molecule has 1 N–H and O–H groups in total. The summed E-state index contributed by atoms with van der Waals surface area (Å²) in [6.45, 7) is 3.79. The number of aryl methyl sites for hydroxylation is 2. The highest BCUT2D eigenvalue weighted by molar-refractivity contribution is 7.92. The summed E-state index contributed by atoms with van der Waals surface area (Å²) in [5, 5.41) is 2.62. The van der Waals surface area contributed by atoms with Crippen LogP contribution in [0.2, 0.25) is 0 Å². The van der Waals surface area contributed by atoms with Gasteiger partial charge in [0.1, 0.15) is 5.82 Å².